The van der Waals surface area contributed by atoms with E-state index in [9.17, 15) is 8.42 Å². The number of hydrogen-bond acceptors (Lipinski definition) is 3. The molecule has 0 atom stereocenters. The Morgan fingerprint density at radius 2 is 1.53 bits per heavy atom. The number of nitrogens with one attached hydrogen (secondary N) is 1. The molecule has 1 aliphatic rings. The minimum absolute atomic E-state index is 0.149. The van der Waals surface area contributed by atoms with Crippen LogP contribution in [-0.4, -0.2) is 8.42 Å². The fourth-order valence-corrected chi connectivity index (χ4v) is 2.92. The molecule has 1 heterocycles. The normalized spacial score (nSPS) is 15.8. The van der Waals surface area contributed by atoms with Gasteiger partial charge in [0.2, 0.25) is 0 Å². The van der Waals surface area contributed by atoms with Crippen LogP contribution in [0.1, 0.15) is 0 Å². The standard InChI is InChI=1S/C12H9NO3S/c14-17(15)12-8-4-3-7-11(12)16-10-6-2-1-5-9(10)13-17/h1-8,13H. The van der Waals surface area contributed by atoms with Gasteiger partial charge < -0.3 is 4.74 Å². The van der Waals surface area contributed by atoms with Gasteiger partial charge in [0.25, 0.3) is 10.0 Å². The van der Waals surface area contributed by atoms with Crippen LogP contribution in [0.4, 0.5) is 5.69 Å². The molecule has 2 aromatic carbocycles. The molecule has 3 rings (SSSR count). The Kier molecular flexibility index (Phi) is 2.09. The van der Waals surface area contributed by atoms with Gasteiger partial charge in [-0.15, -0.1) is 0 Å². The monoisotopic (exact) mass is 247 g/mol. The van der Waals surface area contributed by atoms with E-state index < -0.39 is 10.0 Å². The number of benzene rings is 2. The van der Waals surface area contributed by atoms with E-state index in [-0.39, 0.29) is 4.90 Å². The van der Waals surface area contributed by atoms with Gasteiger partial charge >= 0.3 is 0 Å². The van der Waals surface area contributed by atoms with E-state index >= 15 is 0 Å². The molecule has 0 saturated carbocycles. The number of anilines is 1. The van der Waals surface area contributed by atoms with Crippen LogP contribution in [-0.2, 0) is 10.0 Å². The Morgan fingerprint density at radius 1 is 0.882 bits per heavy atom. The van der Waals surface area contributed by atoms with Crippen molar-refractivity contribution >= 4 is 15.7 Å². The minimum atomic E-state index is -3.57. The van der Waals surface area contributed by atoms with Gasteiger partial charge in [-0.1, -0.05) is 24.3 Å². The van der Waals surface area contributed by atoms with Gasteiger partial charge in [-0.05, 0) is 24.3 Å². The van der Waals surface area contributed by atoms with Gasteiger partial charge in [0.05, 0.1) is 5.69 Å². The molecule has 0 amide bonds. The highest BCUT2D eigenvalue weighted by atomic mass is 32.2. The zero-order valence-electron chi connectivity index (χ0n) is 8.75. The van der Waals surface area contributed by atoms with Crippen LogP contribution in [0.15, 0.2) is 53.4 Å². The van der Waals surface area contributed by atoms with E-state index in [1.165, 1.54) is 6.07 Å². The van der Waals surface area contributed by atoms with Crippen molar-refractivity contribution < 1.29 is 13.2 Å². The zero-order chi connectivity index (χ0) is 11.9. The molecule has 5 heteroatoms. The first-order chi connectivity index (χ1) is 8.17. The molecule has 0 fully saturated rings. The Bertz CT molecular complexity index is 680. The second-order valence-electron chi connectivity index (χ2n) is 3.65. The summed E-state index contributed by atoms with van der Waals surface area (Å²) in [6.07, 6.45) is 0. The summed E-state index contributed by atoms with van der Waals surface area (Å²) in [4.78, 5) is 0.149. The number of fused-ring (bicyclic) bond motifs is 2. The second kappa shape index (κ2) is 3.49. The molecular formula is C12H9NO3S. The van der Waals surface area contributed by atoms with Crippen LogP contribution in [0.5, 0.6) is 11.5 Å². The van der Waals surface area contributed by atoms with Gasteiger partial charge in [-0.25, -0.2) is 8.42 Å². The van der Waals surface area contributed by atoms with E-state index in [1.54, 1.807) is 42.5 Å². The van der Waals surface area contributed by atoms with Crippen molar-refractivity contribution in [2.24, 2.45) is 0 Å². The average Bonchev–Trinajstić information content (AvgIpc) is 2.42. The molecule has 0 aliphatic carbocycles. The highest BCUT2D eigenvalue weighted by Crippen LogP contribution is 2.38. The molecule has 0 bridgehead atoms. The largest absolute Gasteiger partial charge is 0.454 e. The third-order valence-electron chi connectivity index (χ3n) is 2.49. The van der Waals surface area contributed by atoms with Gasteiger partial charge in [0, 0.05) is 0 Å². The van der Waals surface area contributed by atoms with Crippen molar-refractivity contribution in [3.05, 3.63) is 48.5 Å². The van der Waals surface area contributed by atoms with Gasteiger partial charge in [0.1, 0.15) is 10.6 Å². The smallest absolute Gasteiger partial charge is 0.265 e. The van der Waals surface area contributed by atoms with E-state index in [1.807, 2.05) is 0 Å². The molecule has 0 radical (unpaired) electrons. The molecule has 1 N–H and O–H groups in total. The first-order valence-electron chi connectivity index (χ1n) is 5.05. The molecule has 0 aromatic heterocycles. The van der Waals surface area contributed by atoms with Crippen LogP contribution >= 0.6 is 0 Å². The predicted molar refractivity (Wildman–Crippen MR) is 63.8 cm³/mol. The molecule has 86 valence electrons. The Balaban J connectivity index is 2.28. The molecule has 0 saturated heterocycles. The van der Waals surface area contributed by atoms with Crippen molar-refractivity contribution in [2.45, 2.75) is 4.90 Å². The average molecular weight is 247 g/mol. The van der Waals surface area contributed by atoms with Crippen LogP contribution in [0.25, 0.3) is 0 Å². The Morgan fingerprint density at radius 3 is 2.35 bits per heavy atom. The third kappa shape index (κ3) is 1.64. The number of sulfonamides is 1. The predicted octanol–water partition coefficient (Wildman–Crippen LogP) is 2.59. The molecule has 1 aliphatic heterocycles. The maximum absolute atomic E-state index is 12.1. The zero-order valence-corrected chi connectivity index (χ0v) is 9.57. The van der Waals surface area contributed by atoms with Gasteiger partial charge in [-0.2, -0.15) is 0 Å². The second-order valence-corrected chi connectivity index (χ2v) is 5.30. The maximum Gasteiger partial charge on any atom is 0.265 e. The molecular weight excluding hydrogens is 238 g/mol. The summed E-state index contributed by atoms with van der Waals surface area (Å²) in [5.41, 5.74) is 0.448. The lowest BCUT2D eigenvalue weighted by Gasteiger charge is -2.05. The quantitative estimate of drug-likeness (QED) is 0.778. The Labute approximate surface area is 98.9 Å². The van der Waals surface area contributed by atoms with Crippen LogP contribution < -0.4 is 9.46 Å². The molecule has 0 spiro atoms. The molecule has 0 unspecified atom stereocenters. The van der Waals surface area contributed by atoms with Crippen LogP contribution in [0, 0.1) is 0 Å². The van der Waals surface area contributed by atoms with Crippen molar-refractivity contribution in [3.8, 4) is 11.5 Å². The van der Waals surface area contributed by atoms with Crippen LogP contribution in [0.3, 0.4) is 0 Å². The Hall–Kier alpha value is -2.01. The first kappa shape index (κ1) is 10.2. The fourth-order valence-electron chi connectivity index (χ4n) is 1.71. The minimum Gasteiger partial charge on any atom is -0.454 e. The summed E-state index contributed by atoms with van der Waals surface area (Å²) in [6.45, 7) is 0. The number of hydrogen-bond donors (Lipinski definition) is 1. The van der Waals surface area contributed by atoms with Crippen LogP contribution in [0.2, 0.25) is 0 Å². The van der Waals surface area contributed by atoms with Gasteiger partial charge in [-0.3, -0.25) is 4.72 Å². The summed E-state index contributed by atoms with van der Waals surface area (Å²) in [7, 11) is -3.57. The highest BCUT2D eigenvalue weighted by molar-refractivity contribution is 7.92. The maximum atomic E-state index is 12.1. The van der Waals surface area contributed by atoms with Crippen molar-refractivity contribution in [1.82, 2.24) is 0 Å². The lowest BCUT2D eigenvalue weighted by molar-refractivity contribution is 0.473. The number of para-hydroxylation sites is 3. The molecule has 4 nitrogen and oxygen atoms in total. The van der Waals surface area contributed by atoms with Crippen molar-refractivity contribution in [3.63, 3.8) is 0 Å². The topological polar surface area (TPSA) is 55.4 Å². The third-order valence-corrected chi connectivity index (χ3v) is 3.89. The van der Waals surface area contributed by atoms with Gasteiger partial charge in [0.15, 0.2) is 5.75 Å². The lowest BCUT2D eigenvalue weighted by Crippen LogP contribution is -2.11. The summed E-state index contributed by atoms with van der Waals surface area (Å²) >= 11 is 0. The summed E-state index contributed by atoms with van der Waals surface area (Å²) in [6, 6.07) is 13.5. The highest BCUT2D eigenvalue weighted by Gasteiger charge is 2.24. The SMILES string of the molecule is O=S1(=O)Nc2ccccc2Oc2ccccc21. The lowest BCUT2D eigenvalue weighted by atomic mass is 10.3. The van der Waals surface area contributed by atoms with E-state index in [2.05, 4.69) is 4.72 Å². The van der Waals surface area contributed by atoms with Crippen molar-refractivity contribution in [1.29, 1.82) is 0 Å². The van der Waals surface area contributed by atoms with E-state index in [4.69, 9.17) is 4.74 Å². The van der Waals surface area contributed by atoms with E-state index in [0.717, 1.165) is 0 Å². The summed E-state index contributed by atoms with van der Waals surface area (Å²) in [5.74, 6) is 0.839. The summed E-state index contributed by atoms with van der Waals surface area (Å²) in [5, 5.41) is 0. The number of ether oxygens (including phenoxy) is 1. The van der Waals surface area contributed by atoms with Crippen molar-refractivity contribution in [2.75, 3.05) is 4.72 Å². The number of rotatable bonds is 0. The molecule has 2 aromatic rings. The van der Waals surface area contributed by atoms with E-state index in [0.29, 0.717) is 17.2 Å². The summed E-state index contributed by atoms with van der Waals surface area (Å²) < 4.78 is 32.2. The molecule has 17 heavy (non-hydrogen) atoms. The first-order valence-corrected chi connectivity index (χ1v) is 6.54. The fraction of sp³-hybridized carbons (Fsp3) is 0.